The van der Waals surface area contributed by atoms with Crippen molar-refractivity contribution in [2.24, 2.45) is 0 Å². The average Bonchev–Trinajstić information content (AvgIpc) is 2.89. The standard InChI is InChI=1S/C15H27N5/c1-5-19(6-2)12-7-8-20(9-12)15-13(11(3)4)14(16)17-10-18-15/h10-12H,5-9H2,1-4H3,(H2,16,17,18). The van der Waals surface area contributed by atoms with Crippen molar-refractivity contribution in [1.82, 2.24) is 14.9 Å². The molecule has 1 aromatic rings. The summed E-state index contributed by atoms with van der Waals surface area (Å²) < 4.78 is 0. The molecule has 1 saturated heterocycles. The highest BCUT2D eigenvalue weighted by Gasteiger charge is 2.29. The average molecular weight is 277 g/mol. The second-order valence-electron chi connectivity index (χ2n) is 5.76. The Hall–Kier alpha value is -1.36. The fraction of sp³-hybridized carbons (Fsp3) is 0.733. The first-order chi connectivity index (χ1) is 9.58. The van der Waals surface area contributed by atoms with E-state index < -0.39 is 0 Å². The number of nitrogen functional groups attached to an aromatic ring is 1. The van der Waals surface area contributed by atoms with Gasteiger partial charge in [-0.05, 0) is 25.4 Å². The molecule has 2 rings (SSSR count). The minimum atomic E-state index is 0.346. The van der Waals surface area contributed by atoms with Crippen LogP contribution in [0.3, 0.4) is 0 Å². The van der Waals surface area contributed by atoms with Crippen LogP contribution in [0.15, 0.2) is 6.33 Å². The lowest BCUT2D eigenvalue weighted by molar-refractivity contribution is 0.232. The molecule has 1 aromatic heterocycles. The molecule has 0 bridgehead atoms. The maximum absolute atomic E-state index is 6.05. The van der Waals surface area contributed by atoms with E-state index in [0.29, 0.717) is 17.8 Å². The summed E-state index contributed by atoms with van der Waals surface area (Å²) in [7, 11) is 0. The van der Waals surface area contributed by atoms with Crippen LogP contribution in [-0.4, -0.2) is 47.1 Å². The summed E-state index contributed by atoms with van der Waals surface area (Å²) in [6.07, 6.45) is 2.78. The summed E-state index contributed by atoms with van der Waals surface area (Å²) in [4.78, 5) is 13.6. The molecular weight excluding hydrogens is 250 g/mol. The number of rotatable bonds is 5. The van der Waals surface area contributed by atoms with Crippen molar-refractivity contribution in [3.8, 4) is 0 Å². The molecule has 0 aromatic carbocycles. The maximum Gasteiger partial charge on any atom is 0.137 e. The number of anilines is 2. The molecule has 0 saturated carbocycles. The van der Waals surface area contributed by atoms with Crippen LogP contribution < -0.4 is 10.6 Å². The van der Waals surface area contributed by atoms with E-state index in [1.165, 1.54) is 6.42 Å². The highest BCUT2D eigenvalue weighted by Crippen LogP contribution is 2.31. The zero-order valence-electron chi connectivity index (χ0n) is 13.1. The quantitative estimate of drug-likeness (QED) is 0.893. The van der Waals surface area contributed by atoms with Gasteiger partial charge in [-0.1, -0.05) is 27.7 Å². The first kappa shape index (κ1) is 15.0. The molecule has 1 unspecified atom stereocenters. The van der Waals surface area contributed by atoms with E-state index in [4.69, 9.17) is 5.73 Å². The zero-order valence-corrected chi connectivity index (χ0v) is 13.1. The van der Waals surface area contributed by atoms with Crippen LogP contribution >= 0.6 is 0 Å². The highest BCUT2D eigenvalue weighted by molar-refractivity contribution is 5.58. The third-order valence-corrected chi connectivity index (χ3v) is 4.26. The van der Waals surface area contributed by atoms with Crippen molar-refractivity contribution in [1.29, 1.82) is 0 Å². The van der Waals surface area contributed by atoms with Crippen LogP contribution in [-0.2, 0) is 0 Å². The molecule has 1 atom stereocenters. The smallest absolute Gasteiger partial charge is 0.137 e. The van der Waals surface area contributed by atoms with Crippen molar-refractivity contribution in [3.05, 3.63) is 11.9 Å². The van der Waals surface area contributed by atoms with Gasteiger partial charge in [-0.3, -0.25) is 4.90 Å². The third-order valence-electron chi connectivity index (χ3n) is 4.26. The fourth-order valence-corrected chi connectivity index (χ4v) is 3.18. The van der Waals surface area contributed by atoms with Gasteiger partial charge in [0.1, 0.15) is 18.0 Å². The van der Waals surface area contributed by atoms with Gasteiger partial charge in [0.15, 0.2) is 0 Å². The molecule has 0 aliphatic carbocycles. The van der Waals surface area contributed by atoms with Crippen LogP contribution in [0.25, 0.3) is 0 Å². The van der Waals surface area contributed by atoms with E-state index in [9.17, 15) is 0 Å². The van der Waals surface area contributed by atoms with Gasteiger partial charge in [0.25, 0.3) is 0 Å². The van der Waals surface area contributed by atoms with Crippen molar-refractivity contribution in [3.63, 3.8) is 0 Å². The van der Waals surface area contributed by atoms with E-state index in [-0.39, 0.29) is 0 Å². The van der Waals surface area contributed by atoms with Crippen molar-refractivity contribution < 1.29 is 0 Å². The first-order valence-electron chi connectivity index (χ1n) is 7.67. The number of aromatic nitrogens is 2. The van der Waals surface area contributed by atoms with E-state index >= 15 is 0 Å². The summed E-state index contributed by atoms with van der Waals surface area (Å²) in [6.45, 7) is 13.1. The first-order valence-corrected chi connectivity index (χ1v) is 7.67. The lowest BCUT2D eigenvalue weighted by Crippen LogP contribution is -2.37. The van der Waals surface area contributed by atoms with E-state index in [2.05, 4.69) is 47.5 Å². The van der Waals surface area contributed by atoms with Gasteiger partial charge in [-0.2, -0.15) is 0 Å². The Labute approximate surface area is 122 Å². The minimum Gasteiger partial charge on any atom is -0.383 e. The predicted molar refractivity (Wildman–Crippen MR) is 84.1 cm³/mol. The SMILES string of the molecule is CCN(CC)C1CCN(c2ncnc(N)c2C(C)C)C1. The topological polar surface area (TPSA) is 58.3 Å². The summed E-state index contributed by atoms with van der Waals surface area (Å²) in [5, 5.41) is 0. The minimum absolute atomic E-state index is 0.346. The van der Waals surface area contributed by atoms with Gasteiger partial charge in [0.2, 0.25) is 0 Å². The Bertz CT molecular complexity index is 442. The second-order valence-corrected chi connectivity index (χ2v) is 5.76. The summed E-state index contributed by atoms with van der Waals surface area (Å²) >= 11 is 0. The van der Waals surface area contributed by atoms with Crippen LogP contribution in [0.4, 0.5) is 11.6 Å². The summed E-state index contributed by atoms with van der Waals surface area (Å²) in [5.41, 5.74) is 7.14. The van der Waals surface area contributed by atoms with Gasteiger partial charge < -0.3 is 10.6 Å². The molecule has 1 aliphatic rings. The molecule has 5 heteroatoms. The largest absolute Gasteiger partial charge is 0.383 e. The van der Waals surface area contributed by atoms with Crippen molar-refractivity contribution in [2.75, 3.05) is 36.8 Å². The summed E-state index contributed by atoms with van der Waals surface area (Å²) in [6, 6.07) is 0.626. The molecule has 1 fully saturated rings. The molecule has 2 N–H and O–H groups in total. The Balaban J connectivity index is 2.20. The number of nitrogens with two attached hydrogens (primary N) is 1. The lowest BCUT2D eigenvalue weighted by atomic mass is 10.0. The fourth-order valence-electron chi connectivity index (χ4n) is 3.18. The number of nitrogens with zero attached hydrogens (tertiary/aromatic N) is 4. The van der Waals surface area contributed by atoms with Crippen molar-refractivity contribution >= 4 is 11.6 Å². The van der Waals surface area contributed by atoms with Gasteiger partial charge in [-0.15, -0.1) is 0 Å². The molecule has 0 amide bonds. The van der Waals surface area contributed by atoms with Crippen LogP contribution in [0.1, 0.15) is 45.6 Å². The van der Waals surface area contributed by atoms with E-state index in [1.54, 1.807) is 6.33 Å². The maximum atomic E-state index is 6.05. The Morgan fingerprint density at radius 2 is 2.05 bits per heavy atom. The van der Waals surface area contributed by atoms with Crippen LogP contribution in [0.5, 0.6) is 0 Å². The van der Waals surface area contributed by atoms with E-state index in [1.807, 2.05) is 0 Å². The lowest BCUT2D eigenvalue weighted by Gasteiger charge is -2.27. The molecule has 112 valence electrons. The Kier molecular flexibility index (Phi) is 4.81. The Morgan fingerprint density at radius 1 is 1.35 bits per heavy atom. The van der Waals surface area contributed by atoms with Crippen molar-refractivity contribution in [2.45, 2.75) is 46.1 Å². The van der Waals surface area contributed by atoms with E-state index in [0.717, 1.165) is 37.6 Å². The van der Waals surface area contributed by atoms with Gasteiger partial charge in [-0.25, -0.2) is 9.97 Å². The molecule has 5 nitrogen and oxygen atoms in total. The van der Waals surface area contributed by atoms with Gasteiger partial charge in [0, 0.05) is 24.7 Å². The summed E-state index contributed by atoms with van der Waals surface area (Å²) in [5.74, 6) is 2.00. The second kappa shape index (κ2) is 6.39. The van der Waals surface area contributed by atoms with Crippen LogP contribution in [0, 0.1) is 0 Å². The van der Waals surface area contributed by atoms with Crippen LogP contribution in [0.2, 0.25) is 0 Å². The molecule has 0 spiro atoms. The highest BCUT2D eigenvalue weighted by atomic mass is 15.3. The molecule has 0 radical (unpaired) electrons. The molecule has 2 heterocycles. The number of hydrogen-bond acceptors (Lipinski definition) is 5. The molecular formula is C15H27N5. The molecule has 20 heavy (non-hydrogen) atoms. The predicted octanol–water partition coefficient (Wildman–Crippen LogP) is 2.10. The van der Waals surface area contributed by atoms with Gasteiger partial charge in [0.05, 0.1) is 0 Å². The normalized spacial score (nSPS) is 19.3. The van der Waals surface area contributed by atoms with Gasteiger partial charge >= 0.3 is 0 Å². The monoisotopic (exact) mass is 277 g/mol. The zero-order chi connectivity index (χ0) is 14.7. The third kappa shape index (κ3) is 2.87. The number of hydrogen-bond donors (Lipinski definition) is 1. The number of likely N-dealkylation sites (N-methyl/N-ethyl adjacent to an activating group) is 1. The Morgan fingerprint density at radius 3 is 2.65 bits per heavy atom. The molecule has 1 aliphatic heterocycles.